The number of thioether (sulfide) groups is 1. The molecule has 0 radical (unpaired) electrons. The fourth-order valence-corrected chi connectivity index (χ4v) is 2.98. The standard InChI is InChI=1S/C20H31N5OS.HI/c1-6-21-20(25(4)14-16-9-11-17(27-5)12-10-16)22-13-7-8-18-23-19(15(2)3)24-26-18;/h9-12,15H,6-8,13-14H2,1-5H3,(H,21,22);1H. The molecule has 2 aromatic rings. The molecule has 0 spiro atoms. The Morgan fingerprint density at radius 2 is 2.00 bits per heavy atom. The van der Waals surface area contributed by atoms with Crippen molar-refractivity contribution in [1.82, 2.24) is 20.4 Å². The lowest BCUT2D eigenvalue weighted by Gasteiger charge is -2.22. The van der Waals surface area contributed by atoms with Crippen LogP contribution in [0.25, 0.3) is 0 Å². The van der Waals surface area contributed by atoms with Crippen molar-refractivity contribution in [3.05, 3.63) is 41.5 Å². The summed E-state index contributed by atoms with van der Waals surface area (Å²) in [6, 6.07) is 8.67. The van der Waals surface area contributed by atoms with E-state index in [1.165, 1.54) is 10.5 Å². The topological polar surface area (TPSA) is 66.5 Å². The molecule has 6 nitrogen and oxygen atoms in total. The summed E-state index contributed by atoms with van der Waals surface area (Å²) in [5, 5.41) is 7.37. The van der Waals surface area contributed by atoms with Gasteiger partial charge in [0.25, 0.3) is 0 Å². The lowest BCUT2D eigenvalue weighted by Crippen LogP contribution is -2.38. The molecule has 0 saturated carbocycles. The van der Waals surface area contributed by atoms with E-state index in [4.69, 9.17) is 9.52 Å². The highest BCUT2D eigenvalue weighted by Crippen LogP contribution is 2.15. The number of nitrogens with one attached hydrogen (secondary N) is 1. The second-order valence-corrected chi connectivity index (χ2v) is 7.62. The van der Waals surface area contributed by atoms with Gasteiger partial charge in [0.2, 0.25) is 5.89 Å². The molecule has 0 bridgehead atoms. The molecular formula is C20H32IN5OS. The maximum Gasteiger partial charge on any atom is 0.226 e. The molecule has 0 aliphatic rings. The Balaban J connectivity index is 0.00000392. The van der Waals surface area contributed by atoms with Crippen LogP contribution in [0.15, 0.2) is 38.7 Å². The highest BCUT2D eigenvalue weighted by Gasteiger charge is 2.10. The van der Waals surface area contributed by atoms with E-state index in [1.807, 2.05) is 0 Å². The van der Waals surface area contributed by atoms with Crippen LogP contribution in [0.1, 0.15) is 50.4 Å². The van der Waals surface area contributed by atoms with Crippen LogP contribution in [0.2, 0.25) is 0 Å². The normalized spacial score (nSPS) is 11.4. The predicted molar refractivity (Wildman–Crippen MR) is 128 cm³/mol. The smallest absolute Gasteiger partial charge is 0.226 e. The van der Waals surface area contributed by atoms with E-state index in [2.05, 4.69) is 78.7 Å². The molecule has 28 heavy (non-hydrogen) atoms. The molecule has 1 N–H and O–H groups in total. The lowest BCUT2D eigenvalue weighted by molar-refractivity contribution is 0.369. The van der Waals surface area contributed by atoms with Crippen molar-refractivity contribution in [1.29, 1.82) is 0 Å². The van der Waals surface area contributed by atoms with Crippen LogP contribution < -0.4 is 5.32 Å². The van der Waals surface area contributed by atoms with Crippen LogP contribution in [0.5, 0.6) is 0 Å². The molecule has 0 aliphatic carbocycles. The summed E-state index contributed by atoms with van der Waals surface area (Å²) in [5.74, 6) is 2.68. The fourth-order valence-electron chi connectivity index (χ4n) is 2.57. The zero-order valence-corrected chi connectivity index (χ0v) is 20.6. The molecule has 2 rings (SSSR count). The van der Waals surface area contributed by atoms with Gasteiger partial charge >= 0.3 is 0 Å². The summed E-state index contributed by atoms with van der Waals surface area (Å²) in [4.78, 5) is 12.6. The molecule has 0 atom stereocenters. The number of aromatic nitrogens is 2. The zero-order chi connectivity index (χ0) is 19.6. The first-order valence-corrected chi connectivity index (χ1v) is 10.7. The molecule has 0 amide bonds. The summed E-state index contributed by atoms with van der Waals surface area (Å²) < 4.78 is 5.29. The highest BCUT2D eigenvalue weighted by atomic mass is 127. The third-order valence-corrected chi connectivity index (χ3v) is 4.83. The Morgan fingerprint density at radius 3 is 2.57 bits per heavy atom. The average Bonchev–Trinajstić information content (AvgIpc) is 3.14. The van der Waals surface area contributed by atoms with Crippen molar-refractivity contribution < 1.29 is 4.52 Å². The number of aryl methyl sites for hydroxylation is 1. The molecule has 156 valence electrons. The van der Waals surface area contributed by atoms with Gasteiger partial charge < -0.3 is 14.7 Å². The van der Waals surface area contributed by atoms with Crippen molar-refractivity contribution in [2.75, 3.05) is 26.4 Å². The first-order valence-electron chi connectivity index (χ1n) is 9.48. The van der Waals surface area contributed by atoms with Gasteiger partial charge in [0.15, 0.2) is 11.8 Å². The number of hydrogen-bond donors (Lipinski definition) is 1. The Kier molecular flexibility index (Phi) is 11.5. The molecule has 1 aromatic carbocycles. The van der Waals surface area contributed by atoms with Crippen molar-refractivity contribution in [3.8, 4) is 0 Å². The summed E-state index contributed by atoms with van der Waals surface area (Å²) >= 11 is 1.76. The van der Waals surface area contributed by atoms with Crippen LogP contribution in [0.4, 0.5) is 0 Å². The Labute approximate surface area is 190 Å². The maximum atomic E-state index is 5.29. The van der Waals surface area contributed by atoms with Gasteiger partial charge in [-0.1, -0.05) is 31.1 Å². The molecule has 1 heterocycles. The molecule has 8 heteroatoms. The minimum absolute atomic E-state index is 0. The molecule has 0 fully saturated rings. The predicted octanol–water partition coefficient (Wildman–Crippen LogP) is 4.56. The van der Waals surface area contributed by atoms with E-state index in [0.717, 1.165) is 44.3 Å². The van der Waals surface area contributed by atoms with Gasteiger partial charge in [0.1, 0.15) is 0 Å². The van der Waals surface area contributed by atoms with E-state index in [9.17, 15) is 0 Å². The largest absolute Gasteiger partial charge is 0.357 e. The SMILES string of the molecule is CCNC(=NCCCc1nc(C(C)C)no1)N(C)Cc1ccc(SC)cc1.I. The second-order valence-electron chi connectivity index (χ2n) is 6.74. The van der Waals surface area contributed by atoms with Gasteiger partial charge in [-0.25, -0.2) is 0 Å². The Bertz CT molecular complexity index is 718. The Morgan fingerprint density at radius 1 is 1.29 bits per heavy atom. The maximum absolute atomic E-state index is 5.29. The molecule has 0 saturated heterocycles. The van der Waals surface area contributed by atoms with Gasteiger partial charge in [-0.05, 0) is 37.3 Å². The van der Waals surface area contributed by atoms with Gasteiger partial charge in [-0.2, -0.15) is 4.98 Å². The number of aliphatic imine (C=N–C) groups is 1. The quantitative estimate of drug-likeness (QED) is 0.173. The van der Waals surface area contributed by atoms with Gasteiger partial charge in [0.05, 0.1) is 0 Å². The van der Waals surface area contributed by atoms with Gasteiger partial charge in [-0.15, -0.1) is 35.7 Å². The molecule has 0 aliphatic heterocycles. The minimum Gasteiger partial charge on any atom is -0.357 e. The van der Waals surface area contributed by atoms with E-state index in [1.54, 1.807) is 11.8 Å². The monoisotopic (exact) mass is 517 g/mol. The summed E-state index contributed by atoms with van der Waals surface area (Å²) in [6.07, 6.45) is 3.72. The van der Waals surface area contributed by atoms with Crippen molar-refractivity contribution in [3.63, 3.8) is 0 Å². The van der Waals surface area contributed by atoms with Crippen LogP contribution >= 0.6 is 35.7 Å². The van der Waals surface area contributed by atoms with Crippen LogP contribution in [-0.4, -0.2) is 47.4 Å². The third kappa shape index (κ3) is 7.98. The van der Waals surface area contributed by atoms with Crippen molar-refractivity contribution in [2.45, 2.75) is 51.0 Å². The zero-order valence-electron chi connectivity index (χ0n) is 17.4. The van der Waals surface area contributed by atoms with E-state index >= 15 is 0 Å². The highest BCUT2D eigenvalue weighted by molar-refractivity contribution is 14.0. The Hall–Kier alpha value is -1.29. The van der Waals surface area contributed by atoms with Gasteiger partial charge in [-0.3, -0.25) is 4.99 Å². The minimum atomic E-state index is 0. The number of hydrogen-bond acceptors (Lipinski definition) is 5. The summed E-state index contributed by atoms with van der Waals surface area (Å²) in [5.41, 5.74) is 1.27. The molecule has 1 aromatic heterocycles. The lowest BCUT2D eigenvalue weighted by atomic mass is 10.2. The summed E-state index contributed by atoms with van der Waals surface area (Å²) in [6.45, 7) is 8.59. The summed E-state index contributed by atoms with van der Waals surface area (Å²) in [7, 11) is 2.07. The van der Waals surface area contributed by atoms with E-state index < -0.39 is 0 Å². The first-order chi connectivity index (χ1) is 13.0. The third-order valence-electron chi connectivity index (χ3n) is 4.09. The van der Waals surface area contributed by atoms with E-state index in [0.29, 0.717) is 11.8 Å². The van der Waals surface area contributed by atoms with Crippen LogP contribution in [-0.2, 0) is 13.0 Å². The first kappa shape index (κ1) is 24.7. The van der Waals surface area contributed by atoms with Crippen LogP contribution in [0, 0.1) is 0 Å². The molecular weight excluding hydrogens is 485 g/mol. The molecule has 0 unspecified atom stereocenters. The number of nitrogens with zero attached hydrogens (tertiary/aromatic N) is 4. The average molecular weight is 517 g/mol. The second kappa shape index (κ2) is 13.0. The van der Waals surface area contributed by atoms with Crippen molar-refractivity contribution in [2.24, 2.45) is 4.99 Å². The fraction of sp³-hybridized carbons (Fsp3) is 0.550. The number of guanidine groups is 1. The van der Waals surface area contributed by atoms with E-state index in [-0.39, 0.29) is 24.0 Å². The van der Waals surface area contributed by atoms with Crippen molar-refractivity contribution >= 4 is 41.7 Å². The number of benzene rings is 1. The number of halogens is 1. The van der Waals surface area contributed by atoms with Gasteiger partial charge in [0, 0.05) is 43.9 Å². The van der Waals surface area contributed by atoms with Crippen LogP contribution in [0.3, 0.4) is 0 Å². The number of rotatable bonds is 9.